The Bertz CT molecular complexity index is 1080. The van der Waals surface area contributed by atoms with Gasteiger partial charge >= 0.3 is 0 Å². The van der Waals surface area contributed by atoms with E-state index in [0.29, 0.717) is 12.1 Å². The smallest absolute Gasteiger partial charge is 0.0327 e. The van der Waals surface area contributed by atoms with Crippen LogP contribution >= 0.6 is 15.8 Å². The summed E-state index contributed by atoms with van der Waals surface area (Å²) in [5, 5.41) is 3.02. The van der Waals surface area contributed by atoms with Gasteiger partial charge in [-0.25, -0.2) is 0 Å². The minimum absolute atomic E-state index is 0.360. The molecule has 1 aliphatic rings. The molecule has 4 aromatic rings. The highest BCUT2D eigenvalue weighted by atomic mass is 31.1. The molecule has 1 aliphatic heterocycles. The normalized spacial score (nSPS) is 21.3. The quantitative estimate of drug-likeness (QED) is 0.247. The number of hydrogen-bond acceptors (Lipinski definition) is 2. The van der Waals surface area contributed by atoms with E-state index in [1.54, 1.807) is 0 Å². The van der Waals surface area contributed by atoms with Gasteiger partial charge in [0, 0.05) is 37.2 Å². The van der Waals surface area contributed by atoms with Gasteiger partial charge in [0.25, 0.3) is 0 Å². The molecular weight excluding hydrogens is 474 g/mol. The number of nitrogens with zero attached hydrogens (tertiary/aromatic N) is 2. The fourth-order valence-electron chi connectivity index (χ4n) is 5.03. The lowest BCUT2D eigenvalue weighted by Gasteiger charge is -2.43. The van der Waals surface area contributed by atoms with E-state index in [1.807, 2.05) is 0 Å². The Balaban J connectivity index is 1.52. The Morgan fingerprint density at radius 2 is 0.722 bits per heavy atom. The summed E-state index contributed by atoms with van der Waals surface area (Å²) in [4.78, 5) is 5.58. The molecule has 2 atom stereocenters. The topological polar surface area (TPSA) is 6.48 Å². The summed E-state index contributed by atoms with van der Waals surface area (Å²) < 4.78 is 0. The van der Waals surface area contributed by atoms with Gasteiger partial charge in [0.1, 0.15) is 0 Å². The van der Waals surface area contributed by atoms with Crippen molar-refractivity contribution >= 4 is 26.5 Å². The Kier molecular flexibility index (Phi) is 8.63. The Hall–Kier alpha value is -2.34. The molecule has 1 heterocycles. The summed E-state index contributed by atoms with van der Waals surface area (Å²) in [6.07, 6.45) is 4.50. The van der Waals surface area contributed by atoms with E-state index in [2.05, 4.69) is 145 Å². The van der Waals surface area contributed by atoms with Crippen molar-refractivity contribution in [2.45, 2.75) is 25.9 Å². The average molecular weight is 511 g/mol. The van der Waals surface area contributed by atoms with Crippen LogP contribution in [0.2, 0.25) is 0 Å². The Morgan fingerprint density at radius 1 is 0.444 bits per heavy atom. The fraction of sp³-hybridized carbons (Fsp3) is 0.250. The molecule has 1 saturated heterocycles. The summed E-state index contributed by atoms with van der Waals surface area (Å²) in [5.41, 5.74) is 2.83. The summed E-state index contributed by atoms with van der Waals surface area (Å²) in [6.45, 7) is 4.80. The Morgan fingerprint density at radius 3 is 1.03 bits per heavy atom. The lowest BCUT2D eigenvalue weighted by Crippen LogP contribution is -2.39. The SMILES string of the molecule is C[C@H](c1ccccc1)N1CP(c2ccccc2)CN([C@H](C)c2ccccc2)CP(c2ccccc2)C1. The van der Waals surface area contributed by atoms with Crippen molar-refractivity contribution in [2.75, 3.05) is 25.1 Å². The zero-order valence-corrected chi connectivity index (χ0v) is 23.1. The maximum atomic E-state index is 2.79. The highest BCUT2D eigenvalue weighted by molar-refractivity contribution is 7.67. The third-order valence-corrected chi connectivity index (χ3v) is 12.2. The van der Waals surface area contributed by atoms with Crippen molar-refractivity contribution in [3.63, 3.8) is 0 Å². The van der Waals surface area contributed by atoms with Crippen LogP contribution in [0.15, 0.2) is 121 Å². The largest absolute Gasteiger partial charge is 0.288 e. The van der Waals surface area contributed by atoms with E-state index in [9.17, 15) is 0 Å². The van der Waals surface area contributed by atoms with E-state index in [-0.39, 0.29) is 15.8 Å². The number of rotatable bonds is 6. The third-order valence-electron chi connectivity index (χ3n) is 7.31. The van der Waals surface area contributed by atoms with Crippen molar-refractivity contribution in [1.82, 2.24) is 9.80 Å². The predicted octanol–water partition coefficient (Wildman–Crippen LogP) is 7.57. The first-order valence-electron chi connectivity index (χ1n) is 12.9. The molecule has 1 fully saturated rings. The fourth-order valence-corrected chi connectivity index (χ4v) is 10.5. The van der Waals surface area contributed by atoms with Gasteiger partial charge in [-0.1, -0.05) is 121 Å². The minimum Gasteiger partial charge on any atom is -0.288 e. The van der Waals surface area contributed by atoms with Crippen LogP contribution < -0.4 is 10.6 Å². The highest BCUT2D eigenvalue weighted by Gasteiger charge is 2.32. The molecule has 36 heavy (non-hydrogen) atoms. The third kappa shape index (κ3) is 6.13. The molecule has 0 spiro atoms. The summed E-state index contributed by atoms with van der Waals surface area (Å²) in [6, 6.07) is 45.5. The molecule has 184 valence electrons. The van der Waals surface area contributed by atoms with Crippen LogP contribution in [0.25, 0.3) is 0 Å². The zero-order valence-electron chi connectivity index (χ0n) is 21.3. The zero-order chi connectivity index (χ0) is 24.7. The molecule has 4 heteroatoms. The van der Waals surface area contributed by atoms with E-state index in [1.165, 1.54) is 21.7 Å². The van der Waals surface area contributed by atoms with E-state index in [0.717, 1.165) is 25.1 Å². The molecule has 0 radical (unpaired) electrons. The first kappa shape index (κ1) is 25.3. The van der Waals surface area contributed by atoms with Gasteiger partial charge in [-0.05, 0) is 51.4 Å². The minimum atomic E-state index is -0.360. The van der Waals surface area contributed by atoms with Gasteiger partial charge in [0.2, 0.25) is 0 Å². The molecule has 0 amide bonds. The van der Waals surface area contributed by atoms with Crippen molar-refractivity contribution in [3.8, 4) is 0 Å². The molecule has 0 N–H and O–H groups in total. The van der Waals surface area contributed by atoms with Crippen LogP contribution in [0.5, 0.6) is 0 Å². The van der Waals surface area contributed by atoms with Crippen LogP contribution in [-0.4, -0.2) is 34.9 Å². The van der Waals surface area contributed by atoms with Gasteiger partial charge in [0.15, 0.2) is 0 Å². The first-order chi connectivity index (χ1) is 17.7. The molecular formula is C32H36N2P2. The molecule has 0 unspecified atom stereocenters. The van der Waals surface area contributed by atoms with Gasteiger partial charge in [-0.3, -0.25) is 9.80 Å². The summed E-state index contributed by atoms with van der Waals surface area (Å²) in [5.74, 6) is 0. The monoisotopic (exact) mass is 510 g/mol. The van der Waals surface area contributed by atoms with Crippen LogP contribution in [0.3, 0.4) is 0 Å². The standard InChI is InChI=1S/C32H36N2P2/c1-27(29-15-7-3-8-16-29)33-23-35(31-19-11-5-12-20-31)25-34(28(2)30-17-9-4-10-18-30)26-36(24-33)32-21-13-6-14-22-32/h3-22,27-28H,23-26H2,1-2H3/t27-,28-,35?,36?/m1/s1. The lowest BCUT2D eigenvalue weighted by atomic mass is 10.1. The molecule has 4 aromatic carbocycles. The van der Waals surface area contributed by atoms with E-state index < -0.39 is 0 Å². The lowest BCUT2D eigenvalue weighted by molar-refractivity contribution is 0.262. The van der Waals surface area contributed by atoms with Crippen LogP contribution in [0.4, 0.5) is 0 Å². The van der Waals surface area contributed by atoms with Crippen LogP contribution in [0.1, 0.15) is 37.1 Å². The number of benzene rings is 4. The van der Waals surface area contributed by atoms with Crippen LogP contribution in [0, 0.1) is 0 Å². The second-order valence-electron chi connectivity index (χ2n) is 9.67. The van der Waals surface area contributed by atoms with Gasteiger partial charge < -0.3 is 0 Å². The first-order valence-corrected chi connectivity index (χ1v) is 16.3. The highest BCUT2D eigenvalue weighted by Crippen LogP contribution is 2.49. The molecule has 0 aromatic heterocycles. The predicted molar refractivity (Wildman–Crippen MR) is 159 cm³/mol. The second-order valence-corrected chi connectivity index (χ2v) is 14.0. The molecule has 0 bridgehead atoms. The average Bonchev–Trinajstić information content (AvgIpc) is 2.94. The molecule has 5 rings (SSSR count). The van der Waals surface area contributed by atoms with E-state index in [4.69, 9.17) is 0 Å². The van der Waals surface area contributed by atoms with Crippen molar-refractivity contribution in [2.24, 2.45) is 0 Å². The molecule has 0 aliphatic carbocycles. The maximum Gasteiger partial charge on any atom is 0.0327 e. The Labute approximate surface area is 219 Å². The summed E-state index contributed by atoms with van der Waals surface area (Å²) in [7, 11) is -0.721. The van der Waals surface area contributed by atoms with Gasteiger partial charge in [-0.2, -0.15) is 0 Å². The number of hydrogen-bond donors (Lipinski definition) is 0. The molecule has 0 saturated carbocycles. The maximum absolute atomic E-state index is 2.79. The second kappa shape index (κ2) is 12.3. The van der Waals surface area contributed by atoms with Gasteiger partial charge in [-0.15, -0.1) is 0 Å². The molecule has 2 nitrogen and oxygen atoms in total. The van der Waals surface area contributed by atoms with Crippen molar-refractivity contribution in [1.29, 1.82) is 0 Å². The van der Waals surface area contributed by atoms with E-state index >= 15 is 0 Å². The summed E-state index contributed by atoms with van der Waals surface area (Å²) >= 11 is 0. The van der Waals surface area contributed by atoms with Crippen molar-refractivity contribution in [3.05, 3.63) is 132 Å². The van der Waals surface area contributed by atoms with Crippen molar-refractivity contribution < 1.29 is 0 Å². The van der Waals surface area contributed by atoms with Gasteiger partial charge in [0.05, 0.1) is 0 Å². The van der Waals surface area contributed by atoms with Crippen LogP contribution in [-0.2, 0) is 0 Å².